The van der Waals surface area contributed by atoms with Crippen molar-refractivity contribution in [1.29, 1.82) is 0 Å². The van der Waals surface area contributed by atoms with Gasteiger partial charge in [-0.3, -0.25) is 0 Å². The van der Waals surface area contributed by atoms with E-state index in [4.69, 9.17) is 0 Å². The molecule has 0 bridgehead atoms. The quantitative estimate of drug-likeness (QED) is 0.850. The molecular weight excluding hydrogens is 332 g/mol. The first-order valence-electron chi connectivity index (χ1n) is 6.56. The van der Waals surface area contributed by atoms with Gasteiger partial charge in [0, 0.05) is 27.6 Å². The molecule has 2 rings (SSSR count). The summed E-state index contributed by atoms with van der Waals surface area (Å²) in [5.41, 5.74) is 1.33. The van der Waals surface area contributed by atoms with Crippen molar-refractivity contribution in [1.82, 2.24) is 10.3 Å². The summed E-state index contributed by atoms with van der Waals surface area (Å²) in [5.74, 6) is 0. The summed E-state index contributed by atoms with van der Waals surface area (Å²) in [6.07, 6.45) is 1.94. The summed E-state index contributed by atoms with van der Waals surface area (Å²) in [5, 5.41) is 4.47. The van der Waals surface area contributed by atoms with Crippen LogP contribution in [-0.4, -0.2) is 10.5 Å². The van der Waals surface area contributed by atoms with Gasteiger partial charge in [0.2, 0.25) is 0 Å². The SMILES string of the molecule is CC(C)(C)NCc1ccc(Sc2ccccc2Br)nc1. The minimum absolute atomic E-state index is 0.127. The molecule has 0 aliphatic rings. The third-order valence-electron chi connectivity index (χ3n) is 2.67. The average Bonchev–Trinajstić information content (AvgIpc) is 2.40. The Labute approximate surface area is 133 Å². The fourth-order valence-corrected chi connectivity index (χ4v) is 2.89. The molecule has 0 radical (unpaired) electrons. The topological polar surface area (TPSA) is 24.9 Å². The highest BCUT2D eigenvalue weighted by molar-refractivity contribution is 9.10. The van der Waals surface area contributed by atoms with Crippen LogP contribution in [0.3, 0.4) is 0 Å². The van der Waals surface area contributed by atoms with Crippen molar-refractivity contribution in [3.63, 3.8) is 0 Å². The lowest BCUT2D eigenvalue weighted by Crippen LogP contribution is -2.35. The van der Waals surface area contributed by atoms with Crippen LogP contribution in [0.1, 0.15) is 26.3 Å². The summed E-state index contributed by atoms with van der Waals surface area (Å²) >= 11 is 5.22. The Morgan fingerprint density at radius 3 is 2.50 bits per heavy atom. The Balaban J connectivity index is 2.00. The molecule has 1 aromatic carbocycles. The Bertz CT molecular complexity index is 561. The van der Waals surface area contributed by atoms with E-state index in [9.17, 15) is 0 Å². The van der Waals surface area contributed by atoms with E-state index in [0.29, 0.717) is 0 Å². The lowest BCUT2D eigenvalue weighted by atomic mass is 10.1. The molecule has 0 amide bonds. The largest absolute Gasteiger partial charge is 0.308 e. The van der Waals surface area contributed by atoms with E-state index in [-0.39, 0.29) is 5.54 Å². The monoisotopic (exact) mass is 350 g/mol. The lowest BCUT2D eigenvalue weighted by Gasteiger charge is -2.20. The minimum atomic E-state index is 0.127. The number of hydrogen-bond acceptors (Lipinski definition) is 3. The van der Waals surface area contributed by atoms with Gasteiger partial charge in [-0.1, -0.05) is 30.0 Å². The maximum Gasteiger partial charge on any atom is 0.101 e. The summed E-state index contributed by atoms with van der Waals surface area (Å²) in [4.78, 5) is 5.70. The van der Waals surface area contributed by atoms with Crippen molar-refractivity contribution in [2.75, 3.05) is 0 Å². The molecule has 0 fully saturated rings. The number of benzene rings is 1. The fraction of sp³-hybridized carbons (Fsp3) is 0.312. The van der Waals surface area contributed by atoms with Crippen molar-refractivity contribution >= 4 is 27.7 Å². The second-order valence-corrected chi connectivity index (χ2v) is 7.56. The molecule has 1 aromatic heterocycles. The summed E-state index contributed by atoms with van der Waals surface area (Å²) < 4.78 is 1.10. The van der Waals surface area contributed by atoms with E-state index in [1.54, 1.807) is 11.8 Å². The number of pyridine rings is 1. The van der Waals surface area contributed by atoms with Gasteiger partial charge in [0.15, 0.2) is 0 Å². The molecule has 0 unspecified atom stereocenters. The molecule has 2 aromatic rings. The molecule has 1 heterocycles. The van der Waals surface area contributed by atoms with Crippen LogP contribution in [-0.2, 0) is 6.54 Å². The molecule has 0 spiro atoms. The van der Waals surface area contributed by atoms with Crippen LogP contribution in [0.4, 0.5) is 0 Å². The van der Waals surface area contributed by atoms with Crippen LogP contribution >= 0.6 is 27.7 Å². The molecule has 0 saturated carbocycles. The van der Waals surface area contributed by atoms with Gasteiger partial charge in [-0.15, -0.1) is 0 Å². The molecule has 0 aliphatic heterocycles. The van der Waals surface area contributed by atoms with Crippen molar-refractivity contribution in [2.45, 2.75) is 42.8 Å². The Kier molecular flexibility index (Phi) is 5.24. The van der Waals surface area contributed by atoms with Gasteiger partial charge < -0.3 is 5.32 Å². The first-order valence-corrected chi connectivity index (χ1v) is 8.17. The number of nitrogens with zero attached hydrogens (tertiary/aromatic N) is 1. The number of rotatable bonds is 4. The van der Waals surface area contributed by atoms with Gasteiger partial charge in [-0.2, -0.15) is 0 Å². The van der Waals surface area contributed by atoms with Crippen LogP contribution in [0.5, 0.6) is 0 Å². The molecule has 0 atom stereocenters. The highest BCUT2D eigenvalue weighted by Crippen LogP contribution is 2.31. The van der Waals surface area contributed by atoms with Crippen molar-refractivity contribution < 1.29 is 0 Å². The maximum absolute atomic E-state index is 4.52. The zero-order valence-electron chi connectivity index (χ0n) is 12.0. The number of nitrogens with one attached hydrogen (secondary N) is 1. The highest BCUT2D eigenvalue weighted by atomic mass is 79.9. The second kappa shape index (κ2) is 6.74. The Morgan fingerprint density at radius 1 is 1.15 bits per heavy atom. The van der Waals surface area contributed by atoms with Gasteiger partial charge in [0.25, 0.3) is 0 Å². The maximum atomic E-state index is 4.52. The van der Waals surface area contributed by atoms with E-state index in [2.05, 4.69) is 65.2 Å². The first kappa shape index (κ1) is 15.5. The van der Waals surface area contributed by atoms with E-state index in [1.165, 1.54) is 10.5 Å². The van der Waals surface area contributed by atoms with Crippen LogP contribution < -0.4 is 5.32 Å². The summed E-state index contributed by atoms with van der Waals surface area (Å²) in [7, 11) is 0. The average molecular weight is 351 g/mol. The first-order chi connectivity index (χ1) is 9.44. The van der Waals surface area contributed by atoms with Crippen molar-refractivity contribution in [2.24, 2.45) is 0 Å². The van der Waals surface area contributed by atoms with E-state index in [1.807, 2.05) is 24.4 Å². The second-order valence-electron chi connectivity index (χ2n) is 5.64. The molecule has 1 N–H and O–H groups in total. The number of hydrogen-bond donors (Lipinski definition) is 1. The molecule has 20 heavy (non-hydrogen) atoms. The number of aromatic nitrogens is 1. The van der Waals surface area contributed by atoms with Crippen LogP contribution in [0.2, 0.25) is 0 Å². The smallest absolute Gasteiger partial charge is 0.101 e. The summed E-state index contributed by atoms with van der Waals surface area (Å²) in [6.45, 7) is 7.34. The van der Waals surface area contributed by atoms with Gasteiger partial charge in [-0.05, 0) is 60.5 Å². The van der Waals surface area contributed by atoms with Crippen LogP contribution in [0.25, 0.3) is 0 Å². The zero-order valence-corrected chi connectivity index (χ0v) is 14.4. The highest BCUT2D eigenvalue weighted by Gasteiger charge is 2.08. The minimum Gasteiger partial charge on any atom is -0.308 e. The Morgan fingerprint density at radius 2 is 1.90 bits per heavy atom. The third kappa shape index (κ3) is 4.93. The fourth-order valence-electron chi connectivity index (χ4n) is 1.58. The standard InChI is InChI=1S/C16H19BrN2S/c1-16(2,3)19-11-12-8-9-15(18-10-12)20-14-7-5-4-6-13(14)17/h4-10,19H,11H2,1-3H3. The van der Waals surface area contributed by atoms with E-state index < -0.39 is 0 Å². The van der Waals surface area contributed by atoms with E-state index in [0.717, 1.165) is 16.0 Å². The van der Waals surface area contributed by atoms with Gasteiger partial charge in [0.1, 0.15) is 5.03 Å². The van der Waals surface area contributed by atoms with Crippen LogP contribution in [0, 0.1) is 0 Å². The van der Waals surface area contributed by atoms with Crippen molar-refractivity contribution in [3.05, 3.63) is 52.6 Å². The molecule has 2 nitrogen and oxygen atoms in total. The van der Waals surface area contributed by atoms with Crippen LogP contribution in [0.15, 0.2) is 57.0 Å². The van der Waals surface area contributed by atoms with E-state index >= 15 is 0 Å². The predicted octanol–water partition coefficient (Wildman–Crippen LogP) is 4.88. The molecule has 0 saturated heterocycles. The lowest BCUT2D eigenvalue weighted by molar-refractivity contribution is 0.424. The third-order valence-corrected chi connectivity index (χ3v) is 4.65. The number of halogens is 1. The van der Waals surface area contributed by atoms with Gasteiger partial charge in [0.05, 0.1) is 0 Å². The van der Waals surface area contributed by atoms with Gasteiger partial charge in [-0.25, -0.2) is 4.98 Å². The van der Waals surface area contributed by atoms with Crippen molar-refractivity contribution in [3.8, 4) is 0 Å². The Hall–Kier alpha value is -0.840. The zero-order chi connectivity index (χ0) is 14.6. The molecule has 106 valence electrons. The van der Waals surface area contributed by atoms with Gasteiger partial charge >= 0.3 is 0 Å². The normalized spacial score (nSPS) is 11.6. The predicted molar refractivity (Wildman–Crippen MR) is 89.1 cm³/mol. The molecule has 0 aliphatic carbocycles. The molecular formula is C16H19BrN2S. The summed E-state index contributed by atoms with van der Waals surface area (Å²) in [6, 6.07) is 12.4. The molecule has 4 heteroatoms.